The van der Waals surface area contributed by atoms with Crippen LogP contribution in [-0.4, -0.2) is 29.6 Å². The zero-order chi connectivity index (χ0) is 11.7. The Kier molecular flexibility index (Phi) is 3.16. The number of hydrogen-bond donors (Lipinski definition) is 1. The Morgan fingerprint density at radius 2 is 1.94 bits per heavy atom. The van der Waals surface area contributed by atoms with Crippen molar-refractivity contribution in [3.05, 3.63) is 16.4 Å². The molecule has 1 fully saturated rings. The average Bonchev–Trinajstić information content (AvgIpc) is 2.40. The second-order valence-electron chi connectivity index (χ2n) is 4.71. The second kappa shape index (κ2) is 4.78. The van der Waals surface area contributed by atoms with E-state index in [0.29, 0.717) is 5.15 Å². The first-order valence-electron chi connectivity index (χ1n) is 6.35. The number of anilines is 1. The Labute approximate surface area is 106 Å². The summed E-state index contributed by atoms with van der Waals surface area (Å²) in [4.78, 5) is 11.4. The molecule has 1 aromatic rings. The second-order valence-corrected chi connectivity index (χ2v) is 5.07. The zero-order valence-corrected chi connectivity index (χ0v) is 10.6. The van der Waals surface area contributed by atoms with Crippen molar-refractivity contribution < 1.29 is 0 Å². The fourth-order valence-electron chi connectivity index (χ4n) is 2.54. The summed E-state index contributed by atoms with van der Waals surface area (Å²) in [5.74, 6) is 0.817. The third-order valence-corrected chi connectivity index (χ3v) is 3.83. The van der Waals surface area contributed by atoms with Gasteiger partial charge in [-0.2, -0.15) is 0 Å². The van der Waals surface area contributed by atoms with Crippen molar-refractivity contribution in [1.29, 1.82) is 0 Å². The predicted octanol–water partition coefficient (Wildman–Crippen LogP) is 1.77. The van der Waals surface area contributed by atoms with Gasteiger partial charge in [0.25, 0.3) is 0 Å². The minimum absolute atomic E-state index is 0.650. The summed E-state index contributed by atoms with van der Waals surface area (Å²) in [5.41, 5.74) is 2.21. The summed E-state index contributed by atoms with van der Waals surface area (Å²) < 4.78 is 0. The number of halogens is 1. The minimum Gasteiger partial charge on any atom is -0.341 e. The van der Waals surface area contributed by atoms with E-state index in [1.54, 1.807) is 0 Å². The van der Waals surface area contributed by atoms with Crippen molar-refractivity contribution in [3.8, 4) is 0 Å². The average molecular weight is 253 g/mol. The lowest BCUT2D eigenvalue weighted by atomic mass is 10.1. The van der Waals surface area contributed by atoms with Gasteiger partial charge in [0.15, 0.2) is 0 Å². The Bertz CT molecular complexity index is 415. The third-order valence-electron chi connectivity index (χ3n) is 3.51. The highest BCUT2D eigenvalue weighted by Crippen LogP contribution is 2.24. The maximum atomic E-state index is 6.26. The summed E-state index contributed by atoms with van der Waals surface area (Å²) >= 11 is 6.26. The lowest BCUT2D eigenvalue weighted by molar-refractivity contribution is 0.562. The van der Waals surface area contributed by atoms with Gasteiger partial charge in [-0.1, -0.05) is 11.6 Å². The van der Waals surface area contributed by atoms with Gasteiger partial charge in [0, 0.05) is 25.2 Å². The predicted molar refractivity (Wildman–Crippen MR) is 68.5 cm³/mol. The molecule has 5 heteroatoms. The highest BCUT2D eigenvalue weighted by Gasteiger charge is 2.20. The van der Waals surface area contributed by atoms with E-state index < -0.39 is 0 Å². The third kappa shape index (κ3) is 2.24. The molecular weight excluding hydrogens is 236 g/mol. The molecule has 2 aliphatic rings. The fourth-order valence-corrected chi connectivity index (χ4v) is 2.82. The van der Waals surface area contributed by atoms with Crippen LogP contribution in [0.4, 0.5) is 5.95 Å². The number of fused-ring (bicyclic) bond motifs is 1. The monoisotopic (exact) mass is 252 g/mol. The number of nitrogens with one attached hydrogen (secondary N) is 1. The van der Waals surface area contributed by atoms with Crippen LogP contribution in [0.3, 0.4) is 0 Å². The van der Waals surface area contributed by atoms with Crippen molar-refractivity contribution in [2.75, 3.05) is 24.5 Å². The molecule has 0 radical (unpaired) electrons. The van der Waals surface area contributed by atoms with Gasteiger partial charge in [-0.25, -0.2) is 9.97 Å². The molecule has 1 aromatic heterocycles. The Morgan fingerprint density at radius 3 is 2.76 bits per heavy atom. The smallest absolute Gasteiger partial charge is 0.227 e. The van der Waals surface area contributed by atoms with Gasteiger partial charge in [0.2, 0.25) is 5.95 Å². The van der Waals surface area contributed by atoms with Crippen molar-refractivity contribution >= 4 is 17.5 Å². The van der Waals surface area contributed by atoms with Crippen LogP contribution in [0.1, 0.15) is 30.5 Å². The van der Waals surface area contributed by atoms with Crippen LogP contribution in [0, 0.1) is 0 Å². The Balaban J connectivity index is 1.92. The van der Waals surface area contributed by atoms with E-state index >= 15 is 0 Å². The maximum absolute atomic E-state index is 6.26. The quantitative estimate of drug-likeness (QED) is 0.774. The van der Waals surface area contributed by atoms with Crippen molar-refractivity contribution in [3.63, 3.8) is 0 Å². The molecule has 0 aromatic carbocycles. The molecule has 1 saturated heterocycles. The van der Waals surface area contributed by atoms with Crippen LogP contribution in [0.15, 0.2) is 0 Å². The van der Waals surface area contributed by atoms with Crippen LogP contribution in [0.25, 0.3) is 0 Å². The van der Waals surface area contributed by atoms with Crippen LogP contribution in [0.5, 0.6) is 0 Å². The zero-order valence-electron chi connectivity index (χ0n) is 9.88. The topological polar surface area (TPSA) is 41.1 Å². The van der Waals surface area contributed by atoms with Gasteiger partial charge in [-0.3, -0.25) is 0 Å². The van der Waals surface area contributed by atoms with Gasteiger partial charge < -0.3 is 10.2 Å². The van der Waals surface area contributed by atoms with E-state index in [-0.39, 0.29) is 0 Å². The van der Waals surface area contributed by atoms with Crippen LogP contribution < -0.4 is 10.2 Å². The molecule has 0 amide bonds. The number of piperidine rings is 1. The Morgan fingerprint density at radius 1 is 1.12 bits per heavy atom. The number of aromatic nitrogens is 2. The van der Waals surface area contributed by atoms with E-state index in [4.69, 9.17) is 11.6 Å². The van der Waals surface area contributed by atoms with E-state index in [9.17, 15) is 0 Å². The van der Waals surface area contributed by atoms with Crippen LogP contribution in [-0.2, 0) is 13.0 Å². The molecule has 1 N–H and O–H groups in total. The molecular formula is C12H17ClN4. The largest absolute Gasteiger partial charge is 0.341 e. The number of hydrogen-bond acceptors (Lipinski definition) is 4. The molecule has 2 aliphatic heterocycles. The van der Waals surface area contributed by atoms with Gasteiger partial charge in [-0.15, -0.1) is 0 Å². The molecule has 0 spiro atoms. The van der Waals surface area contributed by atoms with Crippen molar-refractivity contribution in [1.82, 2.24) is 15.3 Å². The van der Waals surface area contributed by atoms with Crippen molar-refractivity contribution in [2.24, 2.45) is 0 Å². The normalized spacial score (nSPS) is 20.2. The summed E-state index contributed by atoms with van der Waals surface area (Å²) in [5, 5.41) is 3.98. The van der Waals surface area contributed by atoms with Gasteiger partial charge in [0.1, 0.15) is 5.15 Å². The summed E-state index contributed by atoms with van der Waals surface area (Å²) in [6.45, 7) is 3.91. The maximum Gasteiger partial charge on any atom is 0.227 e. The molecule has 4 nitrogen and oxygen atoms in total. The highest BCUT2D eigenvalue weighted by molar-refractivity contribution is 6.30. The summed E-state index contributed by atoms with van der Waals surface area (Å²) in [6, 6.07) is 0. The first-order chi connectivity index (χ1) is 8.34. The molecule has 3 heterocycles. The molecule has 0 atom stereocenters. The molecule has 0 saturated carbocycles. The number of rotatable bonds is 1. The van der Waals surface area contributed by atoms with Crippen LogP contribution in [0.2, 0.25) is 5.15 Å². The van der Waals surface area contributed by atoms with E-state index in [1.807, 2.05) is 0 Å². The molecule has 0 bridgehead atoms. The SMILES string of the molecule is Clc1nc(N2CCCCC2)nc2c1CCNC2. The molecule has 0 unspecified atom stereocenters. The van der Waals surface area contributed by atoms with Crippen molar-refractivity contribution in [2.45, 2.75) is 32.2 Å². The lowest BCUT2D eigenvalue weighted by Crippen LogP contribution is -2.33. The van der Waals surface area contributed by atoms with Gasteiger partial charge >= 0.3 is 0 Å². The standard InChI is InChI=1S/C12H17ClN4/c13-11-9-4-5-14-8-10(9)15-12(16-11)17-6-2-1-3-7-17/h14H,1-8H2. The van der Waals surface area contributed by atoms with E-state index in [1.165, 1.54) is 19.3 Å². The summed E-state index contributed by atoms with van der Waals surface area (Å²) in [7, 11) is 0. The van der Waals surface area contributed by atoms with Gasteiger partial charge in [0.05, 0.1) is 5.69 Å². The fraction of sp³-hybridized carbons (Fsp3) is 0.667. The van der Waals surface area contributed by atoms with E-state index in [0.717, 1.165) is 49.8 Å². The molecule has 17 heavy (non-hydrogen) atoms. The molecule has 92 valence electrons. The Hall–Kier alpha value is -0.870. The first kappa shape index (κ1) is 11.2. The highest BCUT2D eigenvalue weighted by atomic mass is 35.5. The summed E-state index contributed by atoms with van der Waals surface area (Å²) in [6.07, 6.45) is 4.72. The number of nitrogens with zero attached hydrogens (tertiary/aromatic N) is 3. The van der Waals surface area contributed by atoms with E-state index in [2.05, 4.69) is 20.2 Å². The molecule has 3 rings (SSSR count). The molecule has 0 aliphatic carbocycles. The van der Waals surface area contributed by atoms with Crippen LogP contribution >= 0.6 is 11.6 Å². The first-order valence-corrected chi connectivity index (χ1v) is 6.73. The van der Waals surface area contributed by atoms with Gasteiger partial charge in [-0.05, 0) is 32.2 Å². The minimum atomic E-state index is 0.650. The lowest BCUT2D eigenvalue weighted by Gasteiger charge is -2.28.